The molecule has 17 heavy (non-hydrogen) atoms. The molecule has 0 spiro atoms. The molecular weight excluding hydrogens is 214 g/mol. The molecule has 3 heteroatoms. The van der Waals surface area contributed by atoms with Crippen LogP contribution < -0.4 is 5.32 Å². The summed E-state index contributed by atoms with van der Waals surface area (Å²) in [5.41, 5.74) is -0.0114. The van der Waals surface area contributed by atoms with Crippen LogP contribution in [-0.2, 0) is 9.47 Å². The maximum absolute atomic E-state index is 5.80. The fourth-order valence-electron chi connectivity index (χ4n) is 2.31. The van der Waals surface area contributed by atoms with Crippen LogP contribution in [0.5, 0.6) is 0 Å². The summed E-state index contributed by atoms with van der Waals surface area (Å²) in [5, 5.41) is 3.41. The Kier molecular flexibility index (Phi) is 6.45. The zero-order valence-corrected chi connectivity index (χ0v) is 11.9. The molecule has 1 heterocycles. The smallest absolute Gasteiger partial charge is 0.0623 e. The Morgan fingerprint density at radius 2 is 2.18 bits per heavy atom. The van der Waals surface area contributed by atoms with Crippen LogP contribution in [0.25, 0.3) is 0 Å². The van der Waals surface area contributed by atoms with Crippen LogP contribution in [0.1, 0.15) is 52.4 Å². The Labute approximate surface area is 106 Å². The highest BCUT2D eigenvalue weighted by Crippen LogP contribution is 2.22. The summed E-state index contributed by atoms with van der Waals surface area (Å²) < 4.78 is 11.3. The highest BCUT2D eigenvalue weighted by atomic mass is 16.5. The van der Waals surface area contributed by atoms with Crippen LogP contribution in [-0.4, -0.2) is 38.5 Å². The third-order valence-electron chi connectivity index (χ3n) is 3.88. The number of nitrogens with one attached hydrogen (secondary N) is 1. The van der Waals surface area contributed by atoms with Crippen molar-refractivity contribution in [2.45, 2.75) is 70.1 Å². The lowest BCUT2D eigenvalue weighted by Gasteiger charge is -2.29. The summed E-state index contributed by atoms with van der Waals surface area (Å²) in [5.74, 6) is 0. The van der Waals surface area contributed by atoms with Crippen LogP contribution in [0.2, 0.25) is 0 Å². The molecule has 1 saturated heterocycles. The van der Waals surface area contributed by atoms with Gasteiger partial charge in [0.05, 0.1) is 11.7 Å². The second kappa shape index (κ2) is 7.34. The van der Waals surface area contributed by atoms with E-state index in [1.807, 2.05) is 7.05 Å². The van der Waals surface area contributed by atoms with E-state index in [0.717, 1.165) is 25.9 Å². The monoisotopic (exact) mass is 243 g/mol. The maximum atomic E-state index is 5.80. The SMILES string of the molecule is CNC(CCC(C)(C)OC)CC1CCCCO1. The predicted molar refractivity (Wildman–Crippen MR) is 71.4 cm³/mol. The van der Waals surface area contributed by atoms with Crippen LogP contribution in [0.15, 0.2) is 0 Å². The van der Waals surface area contributed by atoms with E-state index in [2.05, 4.69) is 19.2 Å². The molecule has 0 aliphatic carbocycles. The molecular formula is C14H29NO2. The van der Waals surface area contributed by atoms with Gasteiger partial charge in [-0.15, -0.1) is 0 Å². The Balaban J connectivity index is 2.27. The van der Waals surface area contributed by atoms with Crippen LogP contribution in [0.3, 0.4) is 0 Å². The molecule has 0 radical (unpaired) electrons. The first-order valence-corrected chi connectivity index (χ1v) is 6.91. The lowest BCUT2D eigenvalue weighted by atomic mass is 9.94. The van der Waals surface area contributed by atoms with Crippen molar-refractivity contribution in [3.05, 3.63) is 0 Å². The van der Waals surface area contributed by atoms with E-state index in [1.165, 1.54) is 19.3 Å². The summed E-state index contributed by atoms with van der Waals surface area (Å²) in [7, 11) is 3.84. The summed E-state index contributed by atoms with van der Waals surface area (Å²) in [6, 6.07) is 0.549. The molecule has 0 bridgehead atoms. The Hall–Kier alpha value is -0.120. The molecule has 1 fully saturated rings. The average molecular weight is 243 g/mol. The quantitative estimate of drug-likeness (QED) is 0.746. The van der Waals surface area contributed by atoms with E-state index in [1.54, 1.807) is 7.11 Å². The van der Waals surface area contributed by atoms with Crippen LogP contribution >= 0.6 is 0 Å². The normalized spacial score (nSPS) is 23.6. The van der Waals surface area contributed by atoms with Gasteiger partial charge in [0.15, 0.2) is 0 Å². The van der Waals surface area contributed by atoms with E-state index >= 15 is 0 Å². The van der Waals surface area contributed by atoms with E-state index < -0.39 is 0 Å². The van der Waals surface area contributed by atoms with E-state index in [4.69, 9.17) is 9.47 Å². The molecule has 0 saturated carbocycles. The molecule has 3 nitrogen and oxygen atoms in total. The number of methoxy groups -OCH3 is 1. The molecule has 0 aromatic rings. The first kappa shape index (κ1) is 14.9. The fourth-order valence-corrected chi connectivity index (χ4v) is 2.31. The second-order valence-corrected chi connectivity index (χ2v) is 5.71. The molecule has 0 aromatic heterocycles. The minimum atomic E-state index is -0.0114. The van der Waals surface area contributed by atoms with Gasteiger partial charge in [0, 0.05) is 19.8 Å². The lowest BCUT2D eigenvalue weighted by Crippen LogP contribution is -2.34. The summed E-state index contributed by atoms with van der Waals surface area (Å²) in [4.78, 5) is 0. The Morgan fingerprint density at radius 1 is 1.41 bits per heavy atom. The zero-order valence-electron chi connectivity index (χ0n) is 11.9. The van der Waals surface area contributed by atoms with Crippen molar-refractivity contribution in [2.75, 3.05) is 20.8 Å². The minimum Gasteiger partial charge on any atom is -0.379 e. The van der Waals surface area contributed by atoms with E-state index in [9.17, 15) is 0 Å². The molecule has 1 aliphatic rings. The standard InChI is InChI=1S/C14H29NO2/c1-14(2,16-4)9-8-12(15-3)11-13-7-5-6-10-17-13/h12-13,15H,5-11H2,1-4H3. The maximum Gasteiger partial charge on any atom is 0.0623 e. The van der Waals surface area contributed by atoms with Gasteiger partial charge in [-0.2, -0.15) is 0 Å². The van der Waals surface area contributed by atoms with Gasteiger partial charge in [0.1, 0.15) is 0 Å². The van der Waals surface area contributed by atoms with E-state index in [-0.39, 0.29) is 5.60 Å². The molecule has 1 N–H and O–H groups in total. The average Bonchev–Trinajstić information content (AvgIpc) is 2.35. The highest BCUT2D eigenvalue weighted by Gasteiger charge is 2.22. The van der Waals surface area contributed by atoms with Gasteiger partial charge in [0.25, 0.3) is 0 Å². The van der Waals surface area contributed by atoms with Gasteiger partial charge in [-0.05, 0) is 59.4 Å². The fraction of sp³-hybridized carbons (Fsp3) is 1.00. The van der Waals surface area contributed by atoms with Crippen molar-refractivity contribution in [1.29, 1.82) is 0 Å². The van der Waals surface area contributed by atoms with Crippen LogP contribution in [0, 0.1) is 0 Å². The van der Waals surface area contributed by atoms with Gasteiger partial charge < -0.3 is 14.8 Å². The number of hydrogen-bond acceptors (Lipinski definition) is 3. The van der Waals surface area contributed by atoms with Crippen LogP contribution in [0.4, 0.5) is 0 Å². The van der Waals surface area contributed by atoms with Crippen molar-refractivity contribution in [2.24, 2.45) is 0 Å². The van der Waals surface area contributed by atoms with Gasteiger partial charge in [0.2, 0.25) is 0 Å². The molecule has 0 amide bonds. The van der Waals surface area contributed by atoms with E-state index in [0.29, 0.717) is 12.1 Å². The number of hydrogen-bond donors (Lipinski definition) is 1. The molecule has 1 rings (SSSR count). The summed E-state index contributed by atoms with van der Waals surface area (Å²) in [6.45, 7) is 5.25. The molecule has 0 aromatic carbocycles. The Morgan fingerprint density at radius 3 is 2.71 bits per heavy atom. The third kappa shape index (κ3) is 5.84. The predicted octanol–water partition coefficient (Wildman–Crippen LogP) is 2.74. The van der Waals surface area contributed by atoms with Crippen molar-refractivity contribution in [3.8, 4) is 0 Å². The number of rotatable bonds is 7. The highest BCUT2D eigenvalue weighted by molar-refractivity contribution is 4.77. The molecule has 1 aliphatic heterocycles. The van der Waals surface area contributed by atoms with Crippen molar-refractivity contribution >= 4 is 0 Å². The first-order chi connectivity index (χ1) is 8.07. The molecule has 2 atom stereocenters. The van der Waals surface area contributed by atoms with Crippen molar-refractivity contribution in [3.63, 3.8) is 0 Å². The Bertz CT molecular complexity index is 200. The molecule has 102 valence electrons. The zero-order chi connectivity index (χ0) is 12.7. The third-order valence-corrected chi connectivity index (χ3v) is 3.88. The molecule has 2 unspecified atom stereocenters. The number of ether oxygens (including phenoxy) is 2. The van der Waals surface area contributed by atoms with Crippen molar-refractivity contribution in [1.82, 2.24) is 5.32 Å². The minimum absolute atomic E-state index is 0.0114. The largest absolute Gasteiger partial charge is 0.379 e. The first-order valence-electron chi connectivity index (χ1n) is 6.91. The second-order valence-electron chi connectivity index (χ2n) is 5.71. The summed E-state index contributed by atoms with van der Waals surface area (Å²) in [6.07, 6.45) is 7.62. The van der Waals surface area contributed by atoms with Gasteiger partial charge >= 0.3 is 0 Å². The topological polar surface area (TPSA) is 30.5 Å². The van der Waals surface area contributed by atoms with Gasteiger partial charge in [-0.1, -0.05) is 0 Å². The van der Waals surface area contributed by atoms with Gasteiger partial charge in [-0.25, -0.2) is 0 Å². The van der Waals surface area contributed by atoms with Gasteiger partial charge in [-0.3, -0.25) is 0 Å². The lowest BCUT2D eigenvalue weighted by molar-refractivity contribution is -0.00439. The van der Waals surface area contributed by atoms with Crippen molar-refractivity contribution < 1.29 is 9.47 Å². The summed E-state index contributed by atoms with van der Waals surface area (Å²) >= 11 is 0.